The first-order valence-corrected chi connectivity index (χ1v) is 7.66. The van der Waals surface area contributed by atoms with Crippen molar-refractivity contribution < 1.29 is 13.2 Å². The Labute approximate surface area is 103 Å². The molecule has 0 saturated carbocycles. The van der Waals surface area contributed by atoms with E-state index in [4.69, 9.17) is 4.74 Å². The van der Waals surface area contributed by atoms with Gasteiger partial charge in [0.1, 0.15) is 16.5 Å². The Balaban J connectivity index is 1.93. The Morgan fingerprint density at radius 2 is 2.19 bits per heavy atom. The predicted molar refractivity (Wildman–Crippen MR) is 65.3 cm³/mol. The summed E-state index contributed by atoms with van der Waals surface area (Å²) in [7, 11) is -3.21. The van der Waals surface area contributed by atoms with E-state index in [1.54, 1.807) is 0 Å². The van der Waals surface area contributed by atoms with E-state index in [1.165, 1.54) is 0 Å². The maximum absolute atomic E-state index is 11.2. The fourth-order valence-electron chi connectivity index (χ4n) is 1.63. The normalized spacial score (nSPS) is 19.2. The minimum atomic E-state index is -3.21. The van der Waals surface area contributed by atoms with Gasteiger partial charge in [0.15, 0.2) is 0 Å². The molecule has 6 heteroatoms. The monoisotopic (exact) mass is 305 g/mol. The molecule has 2 rings (SSSR count). The van der Waals surface area contributed by atoms with Crippen LogP contribution in [-0.2, 0) is 16.4 Å². The van der Waals surface area contributed by atoms with E-state index in [2.05, 4.69) is 20.7 Å². The van der Waals surface area contributed by atoms with Crippen LogP contribution < -0.4 is 9.46 Å². The van der Waals surface area contributed by atoms with Crippen molar-refractivity contribution in [3.63, 3.8) is 0 Å². The number of sulfonamides is 1. The summed E-state index contributed by atoms with van der Waals surface area (Å²) in [5, 5.41) is 0. The third kappa shape index (κ3) is 2.75. The van der Waals surface area contributed by atoms with Gasteiger partial charge >= 0.3 is 0 Å². The van der Waals surface area contributed by atoms with Gasteiger partial charge in [0.2, 0.25) is 10.0 Å². The smallest absolute Gasteiger partial charge is 0.221 e. The molecule has 1 heterocycles. The molecule has 1 atom stereocenters. The van der Waals surface area contributed by atoms with Gasteiger partial charge in [-0.3, -0.25) is 0 Å². The van der Waals surface area contributed by atoms with Crippen LogP contribution >= 0.6 is 15.9 Å². The van der Waals surface area contributed by atoms with Crippen LogP contribution in [0.1, 0.15) is 5.56 Å². The Morgan fingerprint density at radius 3 is 2.88 bits per heavy atom. The summed E-state index contributed by atoms with van der Waals surface area (Å²) in [6.45, 7) is 0.308. The maximum atomic E-state index is 11.2. The molecule has 0 aromatic heterocycles. The van der Waals surface area contributed by atoms with E-state index in [0.717, 1.165) is 17.7 Å². The number of hydrogen-bond donors (Lipinski definition) is 1. The highest BCUT2D eigenvalue weighted by atomic mass is 79.9. The molecule has 1 N–H and O–H groups in total. The van der Waals surface area contributed by atoms with E-state index >= 15 is 0 Å². The topological polar surface area (TPSA) is 55.4 Å². The van der Waals surface area contributed by atoms with Crippen LogP contribution in [0, 0.1) is 0 Å². The van der Waals surface area contributed by atoms with Crippen LogP contribution in [-0.4, -0.2) is 25.7 Å². The zero-order valence-corrected chi connectivity index (χ0v) is 10.9. The van der Waals surface area contributed by atoms with Crippen molar-refractivity contribution in [2.75, 3.05) is 11.2 Å². The summed E-state index contributed by atoms with van der Waals surface area (Å²) in [5.41, 5.74) is 1.13. The average Bonchev–Trinajstić information content (AvgIpc) is 2.69. The van der Waals surface area contributed by atoms with Gasteiger partial charge in [0, 0.05) is 13.0 Å². The van der Waals surface area contributed by atoms with Crippen LogP contribution in [0.15, 0.2) is 24.3 Å². The first-order valence-electron chi connectivity index (χ1n) is 4.88. The highest BCUT2D eigenvalue weighted by Gasteiger charge is 2.23. The molecular weight excluding hydrogens is 294 g/mol. The molecule has 4 nitrogen and oxygen atoms in total. The Kier molecular flexibility index (Phi) is 3.51. The number of halogens is 1. The second-order valence-electron chi connectivity index (χ2n) is 3.62. The molecule has 0 amide bonds. The molecule has 0 fully saturated rings. The van der Waals surface area contributed by atoms with Gasteiger partial charge in [-0.25, -0.2) is 13.1 Å². The van der Waals surface area contributed by atoms with Crippen molar-refractivity contribution in [1.29, 1.82) is 0 Å². The number of benzene rings is 1. The molecule has 88 valence electrons. The molecule has 0 aliphatic carbocycles. The van der Waals surface area contributed by atoms with E-state index in [0.29, 0.717) is 6.54 Å². The predicted octanol–water partition coefficient (Wildman–Crippen LogP) is 1.26. The molecule has 0 bridgehead atoms. The Hall–Kier alpha value is -0.590. The summed E-state index contributed by atoms with van der Waals surface area (Å²) >= 11 is 2.92. The molecule has 1 aromatic carbocycles. The lowest BCUT2D eigenvalue weighted by Crippen LogP contribution is -2.34. The standard InChI is InChI=1S/C10H12BrNO3S/c11-7-16(13,14)12-6-9-5-8-3-1-2-4-10(8)15-9/h1-4,9,12H,5-7H2. The molecular formula is C10H12BrNO3S. The molecule has 1 aromatic rings. The number of hydrogen-bond acceptors (Lipinski definition) is 3. The second kappa shape index (κ2) is 4.73. The van der Waals surface area contributed by atoms with E-state index in [9.17, 15) is 8.42 Å². The zero-order valence-electron chi connectivity index (χ0n) is 8.52. The van der Waals surface area contributed by atoms with Crippen molar-refractivity contribution in [3.05, 3.63) is 29.8 Å². The molecule has 1 aliphatic heterocycles. The molecule has 1 unspecified atom stereocenters. The van der Waals surface area contributed by atoms with Crippen molar-refractivity contribution in [1.82, 2.24) is 4.72 Å². The summed E-state index contributed by atoms with van der Waals surface area (Å²) in [5.74, 6) is 0.852. The van der Waals surface area contributed by atoms with Crippen molar-refractivity contribution in [2.24, 2.45) is 0 Å². The Bertz CT molecular complexity index is 450. The van der Waals surface area contributed by atoms with Gasteiger partial charge in [0.25, 0.3) is 0 Å². The van der Waals surface area contributed by atoms with Gasteiger partial charge in [-0.15, -0.1) is 0 Å². The number of ether oxygens (including phenoxy) is 1. The van der Waals surface area contributed by atoms with Gasteiger partial charge < -0.3 is 4.74 Å². The molecule has 16 heavy (non-hydrogen) atoms. The highest BCUT2D eigenvalue weighted by Crippen LogP contribution is 2.27. The van der Waals surface area contributed by atoms with Crippen LogP contribution in [0.2, 0.25) is 0 Å². The number of alkyl halides is 1. The minimum Gasteiger partial charge on any atom is -0.488 e. The van der Waals surface area contributed by atoms with Crippen LogP contribution in [0.4, 0.5) is 0 Å². The molecule has 1 aliphatic rings. The molecule has 0 spiro atoms. The third-order valence-corrected chi connectivity index (χ3v) is 5.09. The lowest BCUT2D eigenvalue weighted by Gasteiger charge is -2.10. The first kappa shape index (κ1) is 11.9. The van der Waals surface area contributed by atoms with Crippen molar-refractivity contribution in [2.45, 2.75) is 12.5 Å². The summed E-state index contributed by atoms with van der Waals surface area (Å²) in [6.07, 6.45) is 0.646. The van der Waals surface area contributed by atoms with E-state index < -0.39 is 10.0 Å². The van der Waals surface area contributed by atoms with Crippen molar-refractivity contribution >= 4 is 26.0 Å². The zero-order chi connectivity index (χ0) is 11.6. The van der Waals surface area contributed by atoms with Gasteiger partial charge in [-0.1, -0.05) is 34.1 Å². The number of para-hydroxylation sites is 1. The minimum absolute atomic E-state index is 0.0837. The summed E-state index contributed by atoms with van der Waals surface area (Å²) < 4.78 is 30.4. The number of fused-ring (bicyclic) bond motifs is 1. The lowest BCUT2D eigenvalue weighted by atomic mass is 10.1. The van der Waals surface area contributed by atoms with Gasteiger partial charge in [0.05, 0.1) is 0 Å². The number of nitrogens with one attached hydrogen (secondary N) is 1. The van der Waals surface area contributed by atoms with Crippen molar-refractivity contribution in [3.8, 4) is 5.75 Å². The average molecular weight is 306 g/mol. The van der Waals surface area contributed by atoms with Crippen LogP contribution in [0.3, 0.4) is 0 Å². The fraction of sp³-hybridized carbons (Fsp3) is 0.400. The third-order valence-electron chi connectivity index (χ3n) is 2.39. The van der Waals surface area contributed by atoms with E-state index in [1.807, 2.05) is 24.3 Å². The van der Waals surface area contributed by atoms with Gasteiger partial charge in [-0.2, -0.15) is 0 Å². The van der Waals surface area contributed by atoms with Gasteiger partial charge in [-0.05, 0) is 11.6 Å². The molecule has 0 saturated heterocycles. The summed E-state index contributed by atoms with van der Waals surface area (Å²) in [4.78, 5) is 0. The van der Waals surface area contributed by atoms with Crippen LogP contribution in [0.5, 0.6) is 5.75 Å². The highest BCUT2D eigenvalue weighted by molar-refractivity contribution is 9.10. The molecule has 0 radical (unpaired) electrons. The first-order chi connectivity index (χ1) is 7.61. The fourth-order valence-corrected chi connectivity index (χ4v) is 2.63. The summed E-state index contributed by atoms with van der Waals surface area (Å²) in [6, 6.07) is 7.75. The lowest BCUT2D eigenvalue weighted by molar-refractivity contribution is 0.236. The second-order valence-corrected chi connectivity index (χ2v) is 6.73. The largest absolute Gasteiger partial charge is 0.488 e. The van der Waals surface area contributed by atoms with E-state index in [-0.39, 0.29) is 10.8 Å². The van der Waals surface area contributed by atoms with Crippen LogP contribution in [0.25, 0.3) is 0 Å². The quantitative estimate of drug-likeness (QED) is 0.852. The number of rotatable bonds is 4. The SMILES string of the molecule is O=S(=O)(CBr)NCC1Cc2ccccc2O1. The maximum Gasteiger partial charge on any atom is 0.221 e. The Morgan fingerprint density at radius 1 is 1.44 bits per heavy atom.